The summed E-state index contributed by atoms with van der Waals surface area (Å²) in [5.74, 6) is 1.02. The number of rotatable bonds is 3. The van der Waals surface area contributed by atoms with Gasteiger partial charge < -0.3 is 9.80 Å². The van der Waals surface area contributed by atoms with E-state index in [0.29, 0.717) is 29.0 Å². The monoisotopic (exact) mass is 372 g/mol. The van der Waals surface area contributed by atoms with Gasteiger partial charge in [0.15, 0.2) is 5.82 Å². The average Bonchev–Trinajstić information content (AvgIpc) is 3.29. The van der Waals surface area contributed by atoms with E-state index < -0.39 is 0 Å². The lowest BCUT2D eigenvalue weighted by atomic mass is 10.2. The minimum Gasteiger partial charge on any atom is -0.368 e. The first-order valence-corrected chi connectivity index (χ1v) is 9.52. The predicted octanol–water partition coefficient (Wildman–Crippen LogP) is 2.16. The van der Waals surface area contributed by atoms with E-state index in [0.717, 1.165) is 37.4 Å². The fraction of sp³-hybridized carbons (Fsp3) is 0.412. The van der Waals surface area contributed by atoms with Crippen molar-refractivity contribution >= 4 is 27.9 Å². The summed E-state index contributed by atoms with van der Waals surface area (Å²) in [6.07, 6.45) is 2.24. The molecule has 1 aliphatic heterocycles. The third kappa shape index (κ3) is 2.72. The summed E-state index contributed by atoms with van der Waals surface area (Å²) in [4.78, 5) is 17.5. The summed E-state index contributed by atoms with van der Waals surface area (Å²) in [7, 11) is 0. The van der Waals surface area contributed by atoms with Crippen molar-refractivity contribution in [2.45, 2.75) is 18.8 Å². The van der Waals surface area contributed by atoms with Gasteiger partial charge in [-0.1, -0.05) is 11.3 Å². The van der Waals surface area contributed by atoms with E-state index in [4.69, 9.17) is 0 Å². The van der Waals surface area contributed by atoms with Crippen molar-refractivity contribution < 1.29 is 9.18 Å². The molecule has 1 amide bonds. The average molecular weight is 372 g/mol. The molecule has 1 aliphatic carbocycles. The van der Waals surface area contributed by atoms with Gasteiger partial charge in [0.25, 0.3) is 5.91 Å². The fourth-order valence-corrected chi connectivity index (χ4v) is 4.08. The minimum atomic E-state index is -0.239. The summed E-state index contributed by atoms with van der Waals surface area (Å²) in [6.45, 7) is 2.67. The van der Waals surface area contributed by atoms with Gasteiger partial charge in [0.2, 0.25) is 9.97 Å². The first kappa shape index (κ1) is 15.7. The number of carbonyl (C=O) groups excluding carboxylic acids is 1. The Morgan fingerprint density at radius 2 is 1.81 bits per heavy atom. The van der Waals surface area contributed by atoms with E-state index in [-0.39, 0.29) is 11.7 Å². The number of piperazine rings is 1. The highest BCUT2D eigenvalue weighted by Crippen LogP contribution is 2.39. The number of hydrogen-bond acceptors (Lipinski definition) is 6. The van der Waals surface area contributed by atoms with Gasteiger partial charge in [-0.2, -0.15) is 4.52 Å². The molecule has 0 radical (unpaired) electrons. The predicted molar refractivity (Wildman–Crippen MR) is 95.2 cm³/mol. The van der Waals surface area contributed by atoms with Gasteiger partial charge in [-0.05, 0) is 37.1 Å². The molecule has 3 aromatic rings. The van der Waals surface area contributed by atoms with Gasteiger partial charge in [-0.3, -0.25) is 4.79 Å². The van der Waals surface area contributed by atoms with Gasteiger partial charge in [0, 0.05) is 37.8 Å². The van der Waals surface area contributed by atoms with Crippen LogP contribution in [0.4, 0.5) is 10.1 Å². The maximum absolute atomic E-state index is 13.1. The third-order valence-electron chi connectivity index (χ3n) is 4.90. The fourth-order valence-electron chi connectivity index (χ4n) is 3.27. The van der Waals surface area contributed by atoms with Crippen LogP contribution in [0.1, 0.15) is 34.4 Å². The molecule has 5 rings (SSSR count). The van der Waals surface area contributed by atoms with Gasteiger partial charge in [-0.25, -0.2) is 4.39 Å². The largest absolute Gasteiger partial charge is 0.368 e. The molecule has 0 spiro atoms. The van der Waals surface area contributed by atoms with Gasteiger partial charge >= 0.3 is 0 Å². The summed E-state index contributed by atoms with van der Waals surface area (Å²) in [6, 6.07) is 6.47. The van der Waals surface area contributed by atoms with Crippen molar-refractivity contribution in [2.75, 3.05) is 31.1 Å². The normalized spacial score (nSPS) is 17.9. The SMILES string of the molecule is O=C(c1nn2c(C3CC3)nnc2s1)N1CCN(c2ccc(F)cc2)CC1. The molecule has 7 nitrogen and oxygen atoms in total. The first-order chi connectivity index (χ1) is 12.7. The molecule has 9 heteroatoms. The Hall–Kier alpha value is -2.55. The molecule has 3 heterocycles. The highest BCUT2D eigenvalue weighted by Gasteiger charge is 2.31. The number of benzene rings is 1. The van der Waals surface area contributed by atoms with Crippen molar-refractivity contribution in [3.05, 3.63) is 40.9 Å². The Morgan fingerprint density at radius 1 is 1.08 bits per heavy atom. The second kappa shape index (κ2) is 6.01. The molecule has 0 unspecified atom stereocenters. The number of nitrogens with zero attached hydrogens (tertiary/aromatic N) is 6. The van der Waals surface area contributed by atoms with E-state index in [1.807, 2.05) is 4.90 Å². The first-order valence-electron chi connectivity index (χ1n) is 8.71. The minimum absolute atomic E-state index is 0.0546. The second-order valence-corrected chi connectivity index (χ2v) is 7.65. The number of halogens is 1. The van der Waals surface area contributed by atoms with E-state index in [2.05, 4.69) is 20.2 Å². The molecule has 2 aliphatic rings. The Kier molecular flexibility index (Phi) is 3.63. The van der Waals surface area contributed by atoms with Crippen LogP contribution in [-0.4, -0.2) is 56.8 Å². The van der Waals surface area contributed by atoms with Crippen LogP contribution in [0, 0.1) is 5.82 Å². The summed E-state index contributed by atoms with van der Waals surface area (Å²) < 4.78 is 14.8. The summed E-state index contributed by atoms with van der Waals surface area (Å²) in [5, 5.41) is 13.3. The number of hydrogen-bond donors (Lipinski definition) is 0. The van der Waals surface area contributed by atoms with E-state index in [1.54, 1.807) is 16.6 Å². The standard InChI is InChI=1S/C17H17FN6OS/c18-12-3-5-13(6-4-12)22-7-9-23(10-8-22)16(25)15-21-24-14(11-1-2-11)19-20-17(24)26-15/h3-6,11H,1-2,7-10H2. The molecule has 0 atom stereocenters. The number of anilines is 1. The number of amides is 1. The number of carbonyl (C=O) groups is 1. The molecule has 26 heavy (non-hydrogen) atoms. The lowest BCUT2D eigenvalue weighted by molar-refractivity contribution is 0.0745. The van der Waals surface area contributed by atoms with Crippen LogP contribution in [0.25, 0.3) is 4.96 Å². The third-order valence-corrected chi connectivity index (χ3v) is 5.79. The lowest BCUT2D eigenvalue weighted by Crippen LogP contribution is -2.48. The van der Waals surface area contributed by atoms with Crippen LogP contribution in [0.3, 0.4) is 0 Å². The number of aromatic nitrogens is 4. The van der Waals surface area contributed by atoms with Crippen molar-refractivity contribution in [1.29, 1.82) is 0 Å². The smallest absolute Gasteiger partial charge is 0.284 e. The van der Waals surface area contributed by atoms with E-state index in [1.165, 1.54) is 23.5 Å². The topological polar surface area (TPSA) is 66.6 Å². The summed E-state index contributed by atoms with van der Waals surface area (Å²) in [5.41, 5.74) is 0.978. The maximum atomic E-state index is 13.1. The van der Waals surface area contributed by atoms with Crippen LogP contribution < -0.4 is 4.90 Å². The van der Waals surface area contributed by atoms with Crippen LogP contribution >= 0.6 is 11.3 Å². The van der Waals surface area contributed by atoms with Crippen LogP contribution in [0.5, 0.6) is 0 Å². The van der Waals surface area contributed by atoms with Gasteiger partial charge in [0.1, 0.15) is 5.82 Å². The van der Waals surface area contributed by atoms with Gasteiger partial charge in [0.05, 0.1) is 0 Å². The molecular weight excluding hydrogens is 355 g/mol. The van der Waals surface area contributed by atoms with Crippen molar-refractivity contribution in [2.24, 2.45) is 0 Å². The zero-order valence-electron chi connectivity index (χ0n) is 14.0. The zero-order chi connectivity index (χ0) is 17.7. The van der Waals surface area contributed by atoms with Crippen molar-refractivity contribution in [1.82, 2.24) is 24.7 Å². The molecular formula is C17H17FN6OS. The quantitative estimate of drug-likeness (QED) is 0.705. The molecule has 2 aromatic heterocycles. The lowest BCUT2D eigenvalue weighted by Gasteiger charge is -2.35. The Morgan fingerprint density at radius 3 is 2.50 bits per heavy atom. The van der Waals surface area contributed by atoms with Crippen LogP contribution in [0.2, 0.25) is 0 Å². The molecule has 0 N–H and O–H groups in total. The molecule has 134 valence electrons. The Labute approximate surface area is 153 Å². The molecule has 2 fully saturated rings. The highest BCUT2D eigenvalue weighted by molar-refractivity contribution is 7.18. The van der Waals surface area contributed by atoms with Gasteiger partial charge in [-0.15, -0.1) is 15.3 Å². The zero-order valence-corrected chi connectivity index (χ0v) is 14.8. The van der Waals surface area contributed by atoms with Crippen molar-refractivity contribution in [3.8, 4) is 0 Å². The Balaban J connectivity index is 1.29. The molecule has 1 saturated carbocycles. The van der Waals surface area contributed by atoms with E-state index in [9.17, 15) is 9.18 Å². The Bertz CT molecular complexity index is 955. The number of fused-ring (bicyclic) bond motifs is 1. The highest BCUT2D eigenvalue weighted by atomic mass is 32.1. The molecule has 0 bridgehead atoms. The second-order valence-electron chi connectivity index (χ2n) is 6.69. The van der Waals surface area contributed by atoms with Crippen molar-refractivity contribution in [3.63, 3.8) is 0 Å². The van der Waals surface area contributed by atoms with Crippen LogP contribution in [0.15, 0.2) is 24.3 Å². The van der Waals surface area contributed by atoms with E-state index >= 15 is 0 Å². The molecule has 1 saturated heterocycles. The summed E-state index contributed by atoms with van der Waals surface area (Å²) >= 11 is 1.30. The maximum Gasteiger partial charge on any atom is 0.284 e. The van der Waals surface area contributed by atoms with Crippen LogP contribution in [-0.2, 0) is 0 Å². The molecule has 1 aromatic carbocycles.